The molecule has 1 saturated heterocycles. The number of aliphatic hydroxyl groups excluding tert-OH is 1. The normalized spacial score (nSPS) is 29.1. The number of rotatable bonds is 8. The molecule has 47 heavy (non-hydrogen) atoms. The third kappa shape index (κ3) is 4.46. The second-order valence-electron chi connectivity index (χ2n) is 12.7. The molecule has 0 aromatic heterocycles. The number of carbonyl (C=O) groups excluding carboxylic acids is 2. The molecular weight excluding hydrogens is 604 g/mol. The summed E-state index contributed by atoms with van der Waals surface area (Å²) in [4.78, 5) is 29.9. The van der Waals surface area contributed by atoms with E-state index in [0.717, 1.165) is 0 Å². The third-order valence-electron chi connectivity index (χ3n) is 10.4. The first kappa shape index (κ1) is 31.1. The smallest absolute Gasteiger partial charge is 0.231 e. The summed E-state index contributed by atoms with van der Waals surface area (Å²) in [6, 6.07) is 18.0. The van der Waals surface area contributed by atoms with Gasteiger partial charge in [0.15, 0.2) is 17.1 Å². The fraction of sp³-hybridized carbons (Fsp3) is 0.444. The molecule has 1 aliphatic carbocycles. The molecule has 3 N–H and O–H groups in total. The van der Waals surface area contributed by atoms with Crippen molar-refractivity contribution < 1.29 is 43.5 Å². The van der Waals surface area contributed by atoms with E-state index < -0.39 is 41.2 Å². The molecule has 0 radical (unpaired) electrons. The van der Waals surface area contributed by atoms with Crippen molar-refractivity contribution in [3.8, 4) is 28.7 Å². The lowest BCUT2D eigenvalue weighted by Crippen LogP contribution is -2.56. The first-order valence-corrected chi connectivity index (χ1v) is 16.1. The van der Waals surface area contributed by atoms with Crippen LogP contribution in [0.25, 0.3) is 0 Å². The Bertz CT molecular complexity index is 1680. The number of hydrogen-bond acceptors (Lipinski definition) is 9. The molecule has 0 unspecified atom stereocenters. The number of fused-ring (bicyclic) bond motifs is 5. The highest BCUT2D eigenvalue weighted by Crippen LogP contribution is 2.70. The SMILES string of the molecule is CC[C@@H](C)C(=O)N[C@H]1CCCN1C(=O)[C@@H]1[C@@H](c2ccccc2)[C@]2(c3ccc(OC)cc3)Oc3cc4c(c(OC)c3[C@@]1(O)[C@@H]2O)OCO4. The third-order valence-corrected chi connectivity index (χ3v) is 10.4. The lowest BCUT2D eigenvalue weighted by Gasteiger charge is -2.45. The van der Waals surface area contributed by atoms with Gasteiger partial charge < -0.3 is 44.1 Å². The van der Waals surface area contributed by atoms with Gasteiger partial charge in [-0.05, 0) is 42.5 Å². The fourth-order valence-electron chi connectivity index (χ4n) is 7.94. The van der Waals surface area contributed by atoms with Crippen molar-refractivity contribution in [1.82, 2.24) is 10.2 Å². The Morgan fingerprint density at radius 3 is 2.49 bits per heavy atom. The molecule has 11 nitrogen and oxygen atoms in total. The zero-order valence-electron chi connectivity index (χ0n) is 26.9. The number of methoxy groups -OCH3 is 2. The van der Waals surface area contributed by atoms with Gasteiger partial charge in [-0.2, -0.15) is 0 Å². The van der Waals surface area contributed by atoms with Crippen LogP contribution in [0.1, 0.15) is 55.7 Å². The lowest BCUT2D eigenvalue weighted by atomic mass is 9.75. The van der Waals surface area contributed by atoms with E-state index in [1.165, 1.54) is 7.11 Å². The molecule has 4 aliphatic rings. The highest BCUT2D eigenvalue weighted by molar-refractivity contribution is 5.86. The van der Waals surface area contributed by atoms with Gasteiger partial charge >= 0.3 is 0 Å². The van der Waals surface area contributed by atoms with Crippen LogP contribution in [0.5, 0.6) is 28.7 Å². The van der Waals surface area contributed by atoms with Gasteiger partial charge in [0, 0.05) is 24.4 Å². The predicted octanol–water partition coefficient (Wildman–Crippen LogP) is 3.79. The number of carbonyl (C=O) groups is 2. The minimum atomic E-state index is -2.23. The van der Waals surface area contributed by atoms with E-state index in [9.17, 15) is 15.0 Å². The van der Waals surface area contributed by atoms with Crippen molar-refractivity contribution in [2.75, 3.05) is 27.6 Å². The van der Waals surface area contributed by atoms with Crippen LogP contribution in [0.4, 0.5) is 0 Å². The van der Waals surface area contributed by atoms with Crippen molar-refractivity contribution >= 4 is 11.8 Å². The summed E-state index contributed by atoms with van der Waals surface area (Å²) in [5.74, 6) is -1.44. The summed E-state index contributed by atoms with van der Waals surface area (Å²) in [7, 11) is 2.99. The van der Waals surface area contributed by atoms with Crippen LogP contribution in [0.2, 0.25) is 0 Å². The van der Waals surface area contributed by atoms with E-state index in [4.69, 9.17) is 23.7 Å². The maximum absolute atomic E-state index is 15.2. The number of nitrogens with one attached hydrogen (secondary N) is 1. The van der Waals surface area contributed by atoms with Gasteiger partial charge in [0.25, 0.3) is 0 Å². The van der Waals surface area contributed by atoms with Gasteiger partial charge in [-0.3, -0.25) is 9.59 Å². The number of nitrogens with zero attached hydrogens (tertiary/aromatic N) is 1. The van der Waals surface area contributed by atoms with Crippen molar-refractivity contribution in [3.05, 3.63) is 77.4 Å². The van der Waals surface area contributed by atoms with Crippen molar-refractivity contribution in [3.63, 3.8) is 0 Å². The summed E-state index contributed by atoms with van der Waals surface area (Å²) in [6.45, 7) is 4.09. The first-order valence-electron chi connectivity index (χ1n) is 16.1. The highest BCUT2D eigenvalue weighted by atomic mass is 16.7. The zero-order valence-corrected chi connectivity index (χ0v) is 26.9. The van der Waals surface area contributed by atoms with Gasteiger partial charge in [0.1, 0.15) is 29.4 Å². The summed E-state index contributed by atoms with van der Waals surface area (Å²) in [6.07, 6.45) is -0.334. The molecular formula is C36H40N2O9. The van der Waals surface area contributed by atoms with E-state index in [1.807, 2.05) is 44.2 Å². The van der Waals surface area contributed by atoms with Gasteiger partial charge in [-0.15, -0.1) is 0 Å². The maximum Gasteiger partial charge on any atom is 0.231 e. The van der Waals surface area contributed by atoms with Crippen LogP contribution in [0.15, 0.2) is 60.7 Å². The van der Waals surface area contributed by atoms with Crippen LogP contribution in [-0.2, 0) is 20.8 Å². The van der Waals surface area contributed by atoms with E-state index in [-0.39, 0.29) is 41.4 Å². The molecule has 248 valence electrons. The van der Waals surface area contributed by atoms with Crippen LogP contribution >= 0.6 is 0 Å². The summed E-state index contributed by atoms with van der Waals surface area (Å²) >= 11 is 0. The van der Waals surface area contributed by atoms with Crippen molar-refractivity contribution in [2.24, 2.45) is 11.8 Å². The Morgan fingerprint density at radius 1 is 1.06 bits per heavy atom. The van der Waals surface area contributed by atoms with Crippen LogP contribution < -0.4 is 29.0 Å². The molecule has 2 amide bonds. The van der Waals surface area contributed by atoms with Gasteiger partial charge in [0.2, 0.25) is 24.4 Å². The zero-order chi connectivity index (χ0) is 33.1. The Hall–Kier alpha value is -4.48. The Labute approximate surface area is 273 Å². The molecule has 3 aliphatic heterocycles. The summed E-state index contributed by atoms with van der Waals surface area (Å²) in [5, 5.41) is 29.0. The first-order chi connectivity index (χ1) is 22.7. The van der Waals surface area contributed by atoms with Gasteiger partial charge in [-0.1, -0.05) is 56.3 Å². The summed E-state index contributed by atoms with van der Waals surface area (Å²) in [5.41, 5.74) is -2.55. The van der Waals surface area contributed by atoms with Crippen LogP contribution in [0, 0.1) is 11.8 Å². The second kappa shape index (κ2) is 11.6. The molecule has 2 fully saturated rings. The van der Waals surface area contributed by atoms with Crippen molar-refractivity contribution in [2.45, 2.75) is 62.5 Å². The van der Waals surface area contributed by atoms with Gasteiger partial charge in [0.05, 0.1) is 25.7 Å². The summed E-state index contributed by atoms with van der Waals surface area (Å²) < 4.78 is 29.7. The molecule has 1 saturated carbocycles. The quantitative estimate of drug-likeness (QED) is 0.335. The maximum atomic E-state index is 15.2. The molecule has 2 bridgehead atoms. The Kier molecular flexibility index (Phi) is 7.71. The van der Waals surface area contributed by atoms with E-state index in [0.29, 0.717) is 48.4 Å². The van der Waals surface area contributed by atoms with Gasteiger partial charge in [-0.25, -0.2) is 0 Å². The number of hydrogen-bond donors (Lipinski definition) is 3. The monoisotopic (exact) mass is 644 g/mol. The van der Waals surface area contributed by atoms with E-state index in [1.54, 1.807) is 42.3 Å². The number of likely N-dealkylation sites (tertiary alicyclic amines) is 1. The highest BCUT2D eigenvalue weighted by Gasteiger charge is 2.77. The standard InChI is InChI=1S/C36H40N2O9/c1-5-20(2)32(39)37-26-12-9-17-38(26)33(40)29-27(21-10-7-6-8-11-21)36(22-13-15-23(43-3)16-14-22)34(41)35(29,42)28-24(47-36)18-25-30(31(28)44-4)46-19-45-25/h6-8,10-11,13-16,18,20,26-27,29,34,41-42H,5,9,12,17,19H2,1-4H3,(H,37,39)/t20-,26-,27-,29+,34+,35+,36+/m1/s1. The van der Waals surface area contributed by atoms with E-state index >= 15 is 4.79 Å². The molecule has 3 aromatic carbocycles. The minimum absolute atomic E-state index is 0.0699. The molecule has 3 aromatic rings. The van der Waals surface area contributed by atoms with Crippen LogP contribution in [0.3, 0.4) is 0 Å². The molecule has 11 heteroatoms. The average Bonchev–Trinajstić information content (AvgIpc) is 3.79. The largest absolute Gasteiger partial charge is 0.497 e. The van der Waals surface area contributed by atoms with Crippen molar-refractivity contribution in [1.29, 1.82) is 0 Å². The average molecular weight is 645 g/mol. The number of aliphatic hydroxyl groups is 2. The number of amides is 2. The predicted molar refractivity (Wildman–Crippen MR) is 169 cm³/mol. The Morgan fingerprint density at radius 2 is 1.81 bits per heavy atom. The van der Waals surface area contributed by atoms with Crippen LogP contribution in [-0.4, -0.2) is 66.8 Å². The molecule has 0 spiro atoms. The number of benzene rings is 3. The van der Waals surface area contributed by atoms with E-state index in [2.05, 4.69) is 5.32 Å². The topological polar surface area (TPSA) is 136 Å². The second-order valence-corrected chi connectivity index (χ2v) is 12.7. The number of ether oxygens (including phenoxy) is 5. The fourth-order valence-corrected chi connectivity index (χ4v) is 7.94. The molecule has 7 atom stereocenters. The molecule has 3 heterocycles. The lowest BCUT2D eigenvalue weighted by molar-refractivity contribution is -0.167. The molecule has 7 rings (SSSR count). The Balaban J connectivity index is 1.47. The minimum Gasteiger partial charge on any atom is -0.497 e.